The zero-order valence-corrected chi connectivity index (χ0v) is 13.0. The van der Waals surface area contributed by atoms with Crippen LogP contribution in [0.2, 0.25) is 0 Å². The van der Waals surface area contributed by atoms with E-state index in [1.807, 2.05) is 31.2 Å². The second-order valence-electron chi connectivity index (χ2n) is 6.26. The van der Waals surface area contributed by atoms with Gasteiger partial charge < -0.3 is 10.2 Å². The smallest absolute Gasteiger partial charge is 0.335 e. The first-order chi connectivity index (χ1) is 9.72. The third-order valence-corrected chi connectivity index (χ3v) is 4.01. The second-order valence-corrected chi connectivity index (χ2v) is 6.26. The molecule has 21 heavy (non-hydrogen) atoms. The van der Waals surface area contributed by atoms with Crippen LogP contribution in [0.15, 0.2) is 30.3 Å². The summed E-state index contributed by atoms with van der Waals surface area (Å²) in [7, 11) is 0. The van der Waals surface area contributed by atoms with E-state index in [2.05, 4.69) is 19.9 Å². The van der Waals surface area contributed by atoms with E-state index in [9.17, 15) is 9.90 Å². The Kier molecular flexibility index (Phi) is 4.06. The molecule has 1 unspecified atom stereocenters. The van der Waals surface area contributed by atoms with Crippen LogP contribution >= 0.6 is 0 Å². The summed E-state index contributed by atoms with van der Waals surface area (Å²) < 4.78 is 0. The highest BCUT2D eigenvalue weighted by molar-refractivity contribution is 5.79. The number of hydrogen-bond donors (Lipinski definition) is 2. The van der Waals surface area contributed by atoms with Gasteiger partial charge in [0.25, 0.3) is 0 Å². The molecule has 0 aromatic carbocycles. The van der Waals surface area contributed by atoms with Crippen molar-refractivity contribution in [3.05, 3.63) is 47.0 Å². The number of carboxylic acid groups (broad SMARTS) is 1. The number of aryl methyl sites for hydroxylation is 1. The molecule has 0 aromatic heterocycles. The molecule has 112 valence electrons. The Morgan fingerprint density at radius 2 is 1.86 bits per heavy atom. The maximum atomic E-state index is 11.2. The van der Waals surface area contributed by atoms with Crippen molar-refractivity contribution < 1.29 is 15.0 Å². The van der Waals surface area contributed by atoms with Gasteiger partial charge in [0, 0.05) is 6.42 Å². The van der Waals surface area contributed by atoms with E-state index in [0.717, 1.165) is 16.7 Å². The maximum Gasteiger partial charge on any atom is 0.335 e. The van der Waals surface area contributed by atoms with Crippen LogP contribution in [0, 0.1) is 6.92 Å². The van der Waals surface area contributed by atoms with E-state index < -0.39 is 11.6 Å². The minimum absolute atomic E-state index is 0.0918. The zero-order valence-electron chi connectivity index (χ0n) is 13.0. The Bertz CT molecular complexity index is 641. The normalized spacial score (nSPS) is 14.4. The lowest BCUT2D eigenvalue weighted by Gasteiger charge is -2.18. The fourth-order valence-corrected chi connectivity index (χ4v) is 2.53. The van der Waals surface area contributed by atoms with Crippen LogP contribution in [0.25, 0.3) is 11.1 Å². The van der Waals surface area contributed by atoms with Crippen LogP contribution < -0.4 is 0 Å². The molecule has 2 aliphatic carbocycles. The summed E-state index contributed by atoms with van der Waals surface area (Å²) in [5.41, 5.74) is 3.61. The van der Waals surface area contributed by atoms with Gasteiger partial charge in [-0.05, 0) is 47.6 Å². The molecule has 0 radical (unpaired) electrons. The Balaban J connectivity index is 2.57. The molecule has 3 nitrogen and oxygen atoms in total. The van der Waals surface area contributed by atoms with Crippen molar-refractivity contribution in [3.8, 4) is 11.1 Å². The minimum atomic E-state index is -1.76. The average molecular weight is 286 g/mol. The largest absolute Gasteiger partial charge is 0.479 e. The summed E-state index contributed by atoms with van der Waals surface area (Å²) in [5, 5.41) is 19.2. The van der Waals surface area contributed by atoms with Gasteiger partial charge in [-0.3, -0.25) is 0 Å². The van der Waals surface area contributed by atoms with Crippen LogP contribution in [0.4, 0.5) is 0 Å². The zero-order chi connectivity index (χ0) is 15.8. The number of aliphatic hydroxyl groups is 1. The number of fused-ring (bicyclic) bond motifs is 1. The Labute approximate surface area is 125 Å². The predicted octanol–water partition coefficient (Wildman–Crippen LogP) is 3.60. The molecule has 2 aliphatic rings. The minimum Gasteiger partial charge on any atom is -0.479 e. The number of aliphatic carboxylic acids is 1. The lowest BCUT2D eigenvalue weighted by molar-refractivity contribution is -0.156. The van der Waals surface area contributed by atoms with E-state index >= 15 is 0 Å². The van der Waals surface area contributed by atoms with Crippen LogP contribution in [0.5, 0.6) is 0 Å². The van der Waals surface area contributed by atoms with Gasteiger partial charge >= 0.3 is 5.97 Å². The molecular formula is C18H22O3. The van der Waals surface area contributed by atoms with Crippen LogP contribution in [0.3, 0.4) is 0 Å². The summed E-state index contributed by atoms with van der Waals surface area (Å²) >= 11 is 0. The SMILES string of the molecule is Cc1ccc2c(CC(C)(O)C(=O)O)ccc(C(C)C)cc1-2. The van der Waals surface area contributed by atoms with E-state index in [-0.39, 0.29) is 6.42 Å². The molecule has 2 rings (SSSR count). The molecule has 0 aromatic rings. The average Bonchev–Trinajstić information content (AvgIpc) is 2.63. The Morgan fingerprint density at radius 3 is 2.43 bits per heavy atom. The Morgan fingerprint density at radius 1 is 1.19 bits per heavy atom. The van der Waals surface area contributed by atoms with Gasteiger partial charge in [0.2, 0.25) is 0 Å². The maximum absolute atomic E-state index is 11.2. The summed E-state index contributed by atoms with van der Waals surface area (Å²) in [5.74, 6) is -0.808. The highest BCUT2D eigenvalue weighted by atomic mass is 16.4. The van der Waals surface area contributed by atoms with Crippen molar-refractivity contribution in [1.29, 1.82) is 0 Å². The third-order valence-electron chi connectivity index (χ3n) is 4.01. The molecule has 0 saturated carbocycles. The molecule has 2 N–H and O–H groups in total. The summed E-state index contributed by atoms with van der Waals surface area (Å²) in [6.07, 6.45) is 0.0918. The molecular weight excluding hydrogens is 264 g/mol. The van der Waals surface area contributed by atoms with E-state index in [0.29, 0.717) is 5.92 Å². The van der Waals surface area contributed by atoms with Crippen LogP contribution in [0.1, 0.15) is 43.4 Å². The number of carboxylic acids is 1. The molecule has 0 fully saturated rings. The highest BCUT2D eigenvalue weighted by Gasteiger charge is 2.31. The molecule has 0 spiro atoms. The van der Waals surface area contributed by atoms with Gasteiger partial charge in [-0.25, -0.2) is 4.79 Å². The molecule has 0 heterocycles. The predicted molar refractivity (Wildman–Crippen MR) is 83.9 cm³/mol. The first-order valence-corrected chi connectivity index (χ1v) is 7.20. The second kappa shape index (κ2) is 5.49. The van der Waals surface area contributed by atoms with Crippen molar-refractivity contribution in [2.75, 3.05) is 0 Å². The Hall–Kier alpha value is -1.87. The third kappa shape index (κ3) is 3.08. The standard InChI is InChI=1S/C18H22O3/c1-11(2)13-6-7-14(10-18(4,21)17(19)20)15-8-5-12(3)16(15)9-13/h5-9,11,21H,10H2,1-4H3,(H,19,20). The van der Waals surface area contributed by atoms with E-state index in [1.54, 1.807) is 0 Å². The van der Waals surface area contributed by atoms with Crippen LogP contribution in [-0.2, 0) is 11.2 Å². The quantitative estimate of drug-likeness (QED) is 0.903. The fraction of sp³-hybridized carbons (Fsp3) is 0.389. The molecule has 0 saturated heterocycles. The summed E-state index contributed by atoms with van der Waals surface area (Å²) in [6.45, 7) is 7.65. The first kappa shape index (κ1) is 15.5. The van der Waals surface area contributed by atoms with E-state index in [1.165, 1.54) is 18.1 Å². The van der Waals surface area contributed by atoms with Gasteiger partial charge in [-0.2, -0.15) is 0 Å². The topological polar surface area (TPSA) is 57.5 Å². The number of carbonyl (C=O) groups is 1. The van der Waals surface area contributed by atoms with Gasteiger partial charge in [-0.1, -0.05) is 44.2 Å². The molecule has 0 aliphatic heterocycles. The van der Waals surface area contributed by atoms with Gasteiger partial charge in [-0.15, -0.1) is 0 Å². The van der Waals surface area contributed by atoms with E-state index in [4.69, 9.17) is 5.11 Å². The monoisotopic (exact) mass is 286 g/mol. The highest BCUT2D eigenvalue weighted by Crippen LogP contribution is 2.34. The lowest BCUT2D eigenvalue weighted by atomic mass is 9.93. The summed E-state index contributed by atoms with van der Waals surface area (Å²) in [6, 6.07) is 10.2. The van der Waals surface area contributed by atoms with Crippen molar-refractivity contribution in [2.45, 2.75) is 45.6 Å². The van der Waals surface area contributed by atoms with Crippen LogP contribution in [-0.4, -0.2) is 21.8 Å². The van der Waals surface area contributed by atoms with Crippen molar-refractivity contribution in [2.24, 2.45) is 0 Å². The van der Waals surface area contributed by atoms with Crippen molar-refractivity contribution >= 4 is 5.97 Å². The van der Waals surface area contributed by atoms with Gasteiger partial charge in [0.1, 0.15) is 0 Å². The molecule has 3 heteroatoms. The summed E-state index contributed by atoms with van der Waals surface area (Å²) in [4.78, 5) is 11.2. The fourth-order valence-electron chi connectivity index (χ4n) is 2.53. The van der Waals surface area contributed by atoms with Crippen molar-refractivity contribution in [3.63, 3.8) is 0 Å². The lowest BCUT2D eigenvalue weighted by Crippen LogP contribution is -2.37. The molecule has 0 amide bonds. The molecule has 0 bridgehead atoms. The van der Waals surface area contributed by atoms with Gasteiger partial charge in [0.15, 0.2) is 5.60 Å². The first-order valence-electron chi connectivity index (χ1n) is 7.20. The van der Waals surface area contributed by atoms with Crippen molar-refractivity contribution in [1.82, 2.24) is 0 Å². The molecule has 1 atom stereocenters. The number of hydrogen-bond acceptors (Lipinski definition) is 2. The number of rotatable bonds is 4. The van der Waals surface area contributed by atoms with Gasteiger partial charge in [0.05, 0.1) is 0 Å².